The molecule has 0 aromatic heterocycles. The Balaban J connectivity index is 3.36. The van der Waals surface area contributed by atoms with Gasteiger partial charge in [-0.25, -0.2) is 0 Å². The highest BCUT2D eigenvalue weighted by atomic mass is 79.9. The van der Waals surface area contributed by atoms with Gasteiger partial charge in [-0.3, -0.25) is 0 Å². The Bertz CT molecular complexity index is 394. The Morgan fingerprint density at radius 1 is 1.40 bits per heavy atom. The number of rotatable bonds is 1. The highest BCUT2D eigenvalue weighted by Gasteiger charge is 2.17. The molecule has 3 nitrogen and oxygen atoms in total. The molecular formula is C11H15BrN2O. The Kier molecular flexibility index (Phi) is 3.39. The SMILES string of the molecule is CC(C)(C)c1cc(Br)c(O)c(C=NN)c1. The molecule has 0 aliphatic heterocycles. The number of phenolic OH excluding ortho intramolecular Hbond substituents is 1. The number of phenols is 1. The number of hydrogen-bond donors (Lipinski definition) is 2. The molecule has 0 bridgehead atoms. The number of halogens is 1. The third-order valence-electron chi connectivity index (χ3n) is 2.17. The van der Waals surface area contributed by atoms with Crippen LogP contribution in [0.5, 0.6) is 5.75 Å². The maximum Gasteiger partial charge on any atom is 0.138 e. The zero-order valence-corrected chi connectivity index (χ0v) is 10.7. The molecule has 0 aliphatic rings. The summed E-state index contributed by atoms with van der Waals surface area (Å²) in [6, 6.07) is 3.79. The van der Waals surface area contributed by atoms with Crippen LogP contribution < -0.4 is 5.84 Å². The minimum Gasteiger partial charge on any atom is -0.506 e. The van der Waals surface area contributed by atoms with E-state index in [-0.39, 0.29) is 11.2 Å². The van der Waals surface area contributed by atoms with Crippen LogP contribution in [0.1, 0.15) is 31.9 Å². The van der Waals surface area contributed by atoms with E-state index in [0.29, 0.717) is 10.0 Å². The van der Waals surface area contributed by atoms with E-state index in [1.54, 1.807) is 0 Å². The number of aromatic hydroxyl groups is 1. The van der Waals surface area contributed by atoms with Gasteiger partial charge in [0.25, 0.3) is 0 Å². The quantitative estimate of drug-likeness (QED) is 0.468. The summed E-state index contributed by atoms with van der Waals surface area (Å²) in [6.45, 7) is 6.32. The highest BCUT2D eigenvalue weighted by molar-refractivity contribution is 9.10. The summed E-state index contributed by atoms with van der Waals surface area (Å²) in [7, 11) is 0. The largest absolute Gasteiger partial charge is 0.506 e. The summed E-state index contributed by atoms with van der Waals surface area (Å²) >= 11 is 3.31. The fourth-order valence-corrected chi connectivity index (χ4v) is 1.71. The first kappa shape index (κ1) is 12.0. The lowest BCUT2D eigenvalue weighted by molar-refractivity contribution is 0.469. The molecule has 0 spiro atoms. The maximum atomic E-state index is 9.73. The monoisotopic (exact) mass is 270 g/mol. The second-order valence-corrected chi connectivity index (χ2v) is 5.28. The van der Waals surface area contributed by atoms with Crippen LogP contribution in [0.25, 0.3) is 0 Å². The van der Waals surface area contributed by atoms with E-state index in [4.69, 9.17) is 5.84 Å². The molecule has 0 radical (unpaired) electrons. The average molecular weight is 271 g/mol. The van der Waals surface area contributed by atoms with E-state index in [1.807, 2.05) is 12.1 Å². The van der Waals surface area contributed by atoms with Gasteiger partial charge in [-0.05, 0) is 39.0 Å². The van der Waals surface area contributed by atoms with Crippen molar-refractivity contribution in [3.05, 3.63) is 27.7 Å². The molecule has 0 amide bonds. The fourth-order valence-electron chi connectivity index (χ4n) is 1.23. The first-order chi connectivity index (χ1) is 6.86. The van der Waals surface area contributed by atoms with Gasteiger partial charge in [0, 0.05) is 5.56 Å². The molecule has 0 heterocycles. The van der Waals surface area contributed by atoms with Crippen LogP contribution in [0, 0.1) is 0 Å². The van der Waals surface area contributed by atoms with Gasteiger partial charge in [-0.2, -0.15) is 5.10 Å². The van der Waals surface area contributed by atoms with Crippen molar-refractivity contribution in [1.82, 2.24) is 0 Å². The first-order valence-corrected chi connectivity index (χ1v) is 5.42. The van der Waals surface area contributed by atoms with Crippen LogP contribution in [0.15, 0.2) is 21.7 Å². The number of hydrazone groups is 1. The van der Waals surface area contributed by atoms with Crippen molar-refractivity contribution in [2.75, 3.05) is 0 Å². The second kappa shape index (κ2) is 4.23. The van der Waals surface area contributed by atoms with E-state index in [9.17, 15) is 5.11 Å². The Morgan fingerprint density at radius 2 is 2.00 bits per heavy atom. The van der Waals surface area contributed by atoms with E-state index < -0.39 is 0 Å². The van der Waals surface area contributed by atoms with Gasteiger partial charge >= 0.3 is 0 Å². The number of hydrogen-bond acceptors (Lipinski definition) is 3. The third kappa shape index (κ3) is 2.72. The highest BCUT2D eigenvalue weighted by Crippen LogP contribution is 2.33. The summed E-state index contributed by atoms with van der Waals surface area (Å²) in [4.78, 5) is 0. The molecule has 3 N–H and O–H groups in total. The van der Waals surface area contributed by atoms with Crippen molar-refractivity contribution in [3.63, 3.8) is 0 Å². The molecule has 15 heavy (non-hydrogen) atoms. The number of nitrogens with two attached hydrogens (primary N) is 1. The van der Waals surface area contributed by atoms with Crippen molar-refractivity contribution in [2.45, 2.75) is 26.2 Å². The van der Waals surface area contributed by atoms with E-state index in [2.05, 4.69) is 41.8 Å². The molecule has 0 saturated carbocycles. The van der Waals surface area contributed by atoms with Crippen molar-refractivity contribution in [1.29, 1.82) is 0 Å². The lowest BCUT2D eigenvalue weighted by Crippen LogP contribution is -2.11. The lowest BCUT2D eigenvalue weighted by Gasteiger charge is -2.20. The van der Waals surface area contributed by atoms with Crippen molar-refractivity contribution in [2.24, 2.45) is 10.9 Å². The first-order valence-electron chi connectivity index (χ1n) is 4.62. The molecule has 82 valence electrons. The Morgan fingerprint density at radius 3 is 2.47 bits per heavy atom. The van der Waals surface area contributed by atoms with Gasteiger partial charge in [-0.15, -0.1) is 0 Å². The molecule has 0 fully saturated rings. The number of benzene rings is 1. The normalized spacial score (nSPS) is 12.3. The van der Waals surface area contributed by atoms with Gasteiger partial charge in [0.15, 0.2) is 0 Å². The molecule has 1 rings (SSSR count). The van der Waals surface area contributed by atoms with Crippen LogP contribution in [0.4, 0.5) is 0 Å². The van der Waals surface area contributed by atoms with Crippen LogP contribution in [0.3, 0.4) is 0 Å². The minimum absolute atomic E-state index is 0.0212. The van der Waals surface area contributed by atoms with Gasteiger partial charge in [-0.1, -0.05) is 20.8 Å². The maximum absolute atomic E-state index is 9.73. The summed E-state index contributed by atoms with van der Waals surface area (Å²) in [6.07, 6.45) is 1.44. The molecule has 1 aromatic rings. The number of nitrogens with zero attached hydrogens (tertiary/aromatic N) is 1. The zero-order chi connectivity index (χ0) is 11.6. The molecule has 4 heteroatoms. The summed E-state index contributed by atoms with van der Waals surface area (Å²) in [5.74, 6) is 5.25. The summed E-state index contributed by atoms with van der Waals surface area (Å²) in [5.41, 5.74) is 1.76. The van der Waals surface area contributed by atoms with E-state index in [0.717, 1.165) is 5.56 Å². The van der Waals surface area contributed by atoms with Gasteiger partial charge in [0.1, 0.15) is 5.75 Å². The fraction of sp³-hybridized carbons (Fsp3) is 0.364. The van der Waals surface area contributed by atoms with E-state index >= 15 is 0 Å². The molecular weight excluding hydrogens is 256 g/mol. The van der Waals surface area contributed by atoms with Crippen LogP contribution in [0.2, 0.25) is 0 Å². The van der Waals surface area contributed by atoms with Crippen LogP contribution in [-0.4, -0.2) is 11.3 Å². The average Bonchev–Trinajstić information content (AvgIpc) is 2.11. The van der Waals surface area contributed by atoms with E-state index in [1.165, 1.54) is 6.21 Å². The Hall–Kier alpha value is -1.03. The summed E-state index contributed by atoms with van der Waals surface area (Å²) < 4.78 is 0.657. The lowest BCUT2D eigenvalue weighted by atomic mass is 9.86. The predicted molar refractivity (Wildman–Crippen MR) is 66.3 cm³/mol. The molecule has 0 unspecified atom stereocenters. The minimum atomic E-state index is 0.0212. The molecule has 0 aliphatic carbocycles. The second-order valence-electron chi connectivity index (χ2n) is 4.42. The van der Waals surface area contributed by atoms with Crippen molar-refractivity contribution < 1.29 is 5.11 Å². The molecule has 0 saturated heterocycles. The van der Waals surface area contributed by atoms with Crippen LogP contribution in [-0.2, 0) is 5.41 Å². The van der Waals surface area contributed by atoms with Gasteiger partial charge in [0.2, 0.25) is 0 Å². The molecule has 0 atom stereocenters. The smallest absolute Gasteiger partial charge is 0.138 e. The zero-order valence-electron chi connectivity index (χ0n) is 9.08. The van der Waals surface area contributed by atoms with Crippen molar-refractivity contribution in [3.8, 4) is 5.75 Å². The Labute approximate surface area is 98.1 Å². The molecule has 1 aromatic carbocycles. The van der Waals surface area contributed by atoms with Crippen molar-refractivity contribution >= 4 is 22.1 Å². The summed E-state index contributed by atoms with van der Waals surface area (Å²) in [5, 5.41) is 13.2. The van der Waals surface area contributed by atoms with Crippen LogP contribution >= 0.6 is 15.9 Å². The third-order valence-corrected chi connectivity index (χ3v) is 2.78. The van der Waals surface area contributed by atoms with Gasteiger partial charge < -0.3 is 10.9 Å². The predicted octanol–water partition coefficient (Wildman–Crippen LogP) is 2.74. The van der Waals surface area contributed by atoms with Gasteiger partial charge in [0.05, 0.1) is 10.7 Å². The standard InChI is InChI=1S/C11H15BrN2O/c1-11(2,3)8-4-7(6-14-13)10(15)9(12)5-8/h4-6,15H,13H2,1-3H3. The topological polar surface area (TPSA) is 58.6 Å².